The maximum atomic E-state index is 6.47. The molecule has 0 spiro atoms. The summed E-state index contributed by atoms with van der Waals surface area (Å²) in [6, 6.07) is 60.4. The third-order valence-electron chi connectivity index (χ3n) is 11.1. The summed E-state index contributed by atoms with van der Waals surface area (Å²) >= 11 is 0. The molecule has 0 aliphatic heterocycles. The number of nitrogens with zero attached hydrogens (tertiary/aromatic N) is 5. The molecule has 10 rings (SSSR count). The Kier molecular flexibility index (Phi) is 13.7. The molecule has 0 aliphatic carbocycles. The van der Waals surface area contributed by atoms with Crippen LogP contribution in [0.5, 0.6) is 23.0 Å². The second kappa shape index (κ2) is 19.7. The molecule has 6 aromatic carbocycles. The number of hydrogen-bond acceptors (Lipinski definition) is 6. The molecule has 4 heterocycles. The van der Waals surface area contributed by atoms with Crippen molar-refractivity contribution in [2.75, 3.05) is 0 Å². The van der Waals surface area contributed by atoms with Gasteiger partial charge in [0.05, 0.1) is 0 Å². The SMILES string of the molecule is CC(C)c1cc(-c2[c-]c(Oc3[c-]c4c(cc3)c3ccc(Oc5[c-]c(-c6cc(C(C)C)c(-c7ccccc7)cn6)ccc5)[c-]c3n4-c3ncccn3)ccc2)ncc1-c1ccccc1.[Pt+2].[Pt+2]. The van der Waals surface area contributed by atoms with Gasteiger partial charge in [0, 0.05) is 58.9 Å². The van der Waals surface area contributed by atoms with Crippen molar-refractivity contribution in [2.24, 2.45) is 0 Å². The molecule has 9 heteroatoms. The molecule has 0 saturated carbocycles. The van der Waals surface area contributed by atoms with Gasteiger partial charge in [-0.1, -0.05) is 124 Å². The summed E-state index contributed by atoms with van der Waals surface area (Å²) in [4.78, 5) is 19.0. The zero-order chi connectivity index (χ0) is 42.9. The third kappa shape index (κ3) is 9.36. The Labute approximate surface area is 408 Å². The van der Waals surface area contributed by atoms with Gasteiger partial charge < -0.3 is 24.0 Å². The molecule has 0 radical (unpaired) electrons. The van der Waals surface area contributed by atoms with Crippen LogP contribution < -0.4 is 9.47 Å². The molecular formula is C56H41N5O2Pt2. The fourth-order valence-electron chi connectivity index (χ4n) is 8.01. The summed E-state index contributed by atoms with van der Waals surface area (Å²) in [5.74, 6) is 3.20. The van der Waals surface area contributed by atoms with Crippen molar-refractivity contribution in [3.8, 4) is 73.7 Å². The fourth-order valence-corrected chi connectivity index (χ4v) is 8.01. The van der Waals surface area contributed by atoms with Crippen molar-refractivity contribution in [2.45, 2.75) is 39.5 Å². The maximum Gasteiger partial charge on any atom is 2.00 e. The molecule has 0 bridgehead atoms. The monoisotopic (exact) mass is 1210 g/mol. The van der Waals surface area contributed by atoms with Crippen molar-refractivity contribution >= 4 is 21.8 Å². The number of rotatable bonds is 11. The summed E-state index contributed by atoms with van der Waals surface area (Å²) in [5, 5.41) is 1.88. The standard InChI is InChI=1S/C56H41N5O2.2Pt/c1-36(2)48-32-52(59-34-50(48)38-14-7-5-8-15-38)40-18-11-20-42(28-40)62-44-22-24-46-47-25-23-45(31-55(47)61(54(46)30-44)56-57-26-13-27-58-56)63-43-21-12-19-41(29-43)53-33-49(37(3)4)51(35-60-53)39-16-9-6-10-17-39;;/h5-27,32-37H,1-4H3;;/q-4;2*+2. The van der Waals surface area contributed by atoms with Crippen LogP contribution in [0.4, 0.5) is 0 Å². The van der Waals surface area contributed by atoms with Crippen LogP contribution in [0.1, 0.15) is 50.7 Å². The van der Waals surface area contributed by atoms with E-state index in [0.29, 0.717) is 40.8 Å². The first-order valence-corrected chi connectivity index (χ1v) is 21.1. The minimum absolute atomic E-state index is 0. The van der Waals surface area contributed by atoms with Gasteiger partial charge >= 0.3 is 42.1 Å². The number of fused-ring (bicyclic) bond motifs is 3. The molecular weight excluding hydrogens is 1160 g/mol. The first-order chi connectivity index (χ1) is 30.9. The van der Waals surface area contributed by atoms with Crippen LogP contribution in [-0.2, 0) is 42.1 Å². The molecule has 65 heavy (non-hydrogen) atoms. The summed E-state index contributed by atoms with van der Waals surface area (Å²) in [7, 11) is 0. The number of ether oxygens (including phenoxy) is 2. The van der Waals surface area contributed by atoms with Gasteiger partial charge in [0.2, 0.25) is 5.95 Å². The number of aromatic nitrogens is 5. The largest absolute Gasteiger partial charge is 2.00 e. The van der Waals surface area contributed by atoms with Gasteiger partial charge in [-0.2, -0.15) is 22.9 Å². The van der Waals surface area contributed by atoms with Crippen LogP contribution >= 0.6 is 0 Å². The summed E-state index contributed by atoms with van der Waals surface area (Å²) in [5.41, 5.74) is 11.8. The van der Waals surface area contributed by atoms with E-state index in [4.69, 9.17) is 19.4 Å². The van der Waals surface area contributed by atoms with Crippen molar-refractivity contribution < 1.29 is 51.6 Å². The van der Waals surface area contributed by atoms with Gasteiger partial charge in [-0.3, -0.25) is 0 Å². The van der Waals surface area contributed by atoms with Gasteiger partial charge in [-0.25, -0.2) is 9.97 Å². The minimum Gasteiger partial charge on any atom is -0.503 e. The average molecular weight is 1210 g/mol. The van der Waals surface area contributed by atoms with Crippen molar-refractivity contribution in [1.29, 1.82) is 0 Å². The van der Waals surface area contributed by atoms with Crippen LogP contribution in [0.2, 0.25) is 0 Å². The Bertz CT molecular complexity index is 3050. The Hall–Kier alpha value is -6.52. The van der Waals surface area contributed by atoms with Gasteiger partial charge in [-0.05, 0) is 51.5 Å². The molecule has 0 N–H and O–H groups in total. The number of benzene rings is 6. The Morgan fingerprint density at radius 2 is 0.877 bits per heavy atom. The minimum atomic E-state index is 0. The van der Waals surface area contributed by atoms with E-state index in [1.165, 1.54) is 11.1 Å². The van der Waals surface area contributed by atoms with E-state index < -0.39 is 0 Å². The Morgan fingerprint density at radius 1 is 0.446 bits per heavy atom. The molecule has 7 nitrogen and oxygen atoms in total. The van der Waals surface area contributed by atoms with E-state index in [1.807, 2.05) is 89.8 Å². The van der Waals surface area contributed by atoms with Crippen LogP contribution in [0.3, 0.4) is 0 Å². The Morgan fingerprint density at radius 3 is 1.31 bits per heavy atom. The molecule has 322 valence electrons. The second-order valence-electron chi connectivity index (χ2n) is 16.0. The first-order valence-electron chi connectivity index (χ1n) is 21.1. The number of pyridine rings is 2. The van der Waals surface area contributed by atoms with E-state index in [-0.39, 0.29) is 42.1 Å². The van der Waals surface area contributed by atoms with E-state index >= 15 is 0 Å². The molecule has 0 saturated heterocycles. The van der Waals surface area contributed by atoms with Crippen molar-refractivity contribution in [1.82, 2.24) is 24.5 Å². The molecule has 0 atom stereocenters. The Balaban J connectivity index is 0.00000288. The van der Waals surface area contributed by atoms with Crippen LogP contribution in [0, 0.1) is 24.3 Å². The van der Waals surface area contributed by atoms with E-state index in [1.54, 1.807) is 18.5 Å². The van der Waals surface area contributed by atoms with Gasteiger partial charge in [-0.15, -0.1) is 71.8 Å². The summed E-state index contributed by atoms with van der Waals surface area (Å²) < 4.78 is 14.9. The third-order valence-corrected chi connectivity index (χ3v) is 11.1. The maximum absolute atomic E-state index is 6.47. The molecule has 0 amide bonds. The molecule has 10 aromatic rings. The second-order valence-corrected chi connectivity index (χ2v) is 16.0. The summed E-state index contributed by atoms with van der Waals surface area (Å²) in [6.45, 7) is 8.82. The molecule has 0 fully saturated rings. The van der Waals surface area contributed by atoms with Crippen molar-refractivity contribution in [3.05, 3.63) is 200 Å². The molecule has 0 unspecified atom stereocenters. The van der Waals surface area contributed by atoms with Gasteiger partial charge in [0.15, 0.2) is 0 Å². The summed E-state index contributed by atoms with van der Waals surface area (Å²) in [6.07, 6.45) is 7.36. The van der Waals surface area contributed by atoms with Crippen LogP contribution in [-0.4, -0.2) is 24.5 Å². The number of hydrogen-bond donors (Lipinski definition) is 0. The average Bonchev–Trinajstić information content (AvgIpc) is 3.64. The van der Waals surface area contributed by atoms with Crippen LogP contribution in [0.15, 0.2) is 164 Å². The molecule has 0 aliphatic rings. The topological polar surface area (TPSA) is 75.0 Å². The van der Waals surface area contributed by atoms with E-state index in [0.717, 1.165) is 66.6 Å². The predicted molar refractivity (Wildman–Crippen MR) is 250 cm³/mol. The van der Waals surface area contributed by atoms with E-state index in [9.17, 15) is 0 Å². The zero-order valence-corrected chi connectivity index (χ0v) is 40.5. The predicted octanol–water partition coefficient (Wildman–Crippen LogP) is 14.1. The van der Waals surface area contributed by atoms with Gasteiger partial charge in [0.1, 0.15) is 0 Å². The smallest absolute Gasteiger partial charge is 0.503 e. The molecule has 4 aromatic heterocycles. The quantitative estimate of drug-likeness (QED) is 0.120. The normalized spacial score (nSPS) is 11.1. The van der Waals surface area contributed by atoms with Crippen LogP contribution in [0.25, 0.3) is 72.5 Å². The van der Waals surface area contributed by atoms with E-state index in [2.05, 4.69) is 123 Å². The first kappa shape index (κ1) is 45.1. The van der Waals surface area contributed by atoms with Gasteiger partial charge in [0.25, 0.3) is 0 Å². The zero-order valence-electron chi connectivity index (χ0n) is 35.9. The van der Waals surface area contributed by atoms with Crippen molar-refractivity contribution in [3.63, 3.8) is 0 Å². The fraction of sp³-hybridized carbons (Fsp3) is 0.107.